The molecule has 5 heteroatoms. The molecular weight excluding hydrogens is 338 g/mol. The Morgan fingerprint density at radius 1 is 1.15 bits per heavy atom. The van der Waals surface area contributed by atoms with Gasteiger partial charge in [0.25, 0.3) is 0 Å². The highest BCUT2D eigenvalue weighted by Crippen LogP contribution is 2.38. The van der Waals surface area contributed by atoms with E-state index in [-0.39, 0.29) is 17.7 Å². The number of amides is 2. The molecule has 4 rings (SSSR count). The van der Waals surface area contributed by atoms with E-state index in [2.05, 4.69) is 29.2 Å². The molecule has 0 spiro atoms. The van der Waals surface area contributed by atoms with Crippen molar-refractivity contribution in [2.75, 3.05) is 13.1 Å². The van der Waals surface area contributed by atoms with Crippen LogP contribution in [0, 0.1) is 11.3 Å². The summed E-state index contributed by atoms with van der Waals surface area (Å²) in [7, 11) is 0. The second-order valence-corrected chi connectivity index (χ2v) is 7.90. The van der Waals surface area contributed by atoms with Crippen molar-refractivity contribution in [2.45, 2.75) is 32.1 Å². The molecule has 2 aromatic rings. The van der Waals surface area contributed by atoms with Gasteiger partial charge in [-0.2, -0.15) is 0 Å². The van der Waals surface area contributed by atoms with Crippen LogP contribution >= 0.6 is 0 Å². The van der Waals surface area contributed by atoms with E-state index in [9.17, 15) is 9.59 Å². The maximum Gasteiger partial charge on any atom is 0.225 e. The fourth-order valence-electron chi connectivity index (χ4n) is 4.08. The molecule has 1 atom stereocenters. The number of likely N-dealkylation sites (tertiary alicyclic amines) is 1. The summed E-state index contributed by atoms with van der Waals surface area (Å²) in [4.78, 5) is 30.9. The van der Waals surface area contributed by atoms with E-state index in [1.807, 2.05) is 23.2 Å². The Kier molecular flexibility index (Phi) is 4.68. The lowest BCUT2D eigenvalue weighted by molar-refractivity contribution is -0.140. The van der Waals surface area contributed by atoms with Gasteiger partial charge in [0, 0.05) is 31.4 Å². The topological polar surface area (TPSA) is 76.3 Å². The van der Waals surface area contributed by atoms with Crippen LogP contribution in [0.3, 0.4) is 0 Å². The summed E-state index contributed by atoms with van der Waals surface area (Å²) in [5, 5.41) is 0. The van der Waals surface area contributed by atoms with Crippen LogP contribution < -0.4 is 5.73 Å². The average Bonchev–Trinajstić information content (AvgIpc) is 3.54. The summed E-state index contributed by atoms with van der Waals surface area (Å²) in [6, 6.07) is 12.1. The summed E-state index contributed by atoms with van der Waals surface area (Å²) >= 11 is 0. The molecule has 2 amide bonds. The van der Waals surface area contributed by atoms with Gasteiger partial charge in [-0.15, -0.1) is 0 Å². The zero-order valence-electron chi connectivity index (χ0n) is 15.4. The zero-order chi connectivity index (χ0) is 18.9. The lowest BCUT2D eigenvalue weighted by Gasteiger charge is -2.41. The second kappa shape index (κ2) is 7.14. The number of carbonyl (C=O) groups excluding carboxylic acids is 2. The fraction of sp³-hybridized carbons (Fsp3) is 0.409. The van der Waals surface area contributed by atoms with Crippen molar-refractivity contribution in [3.05, 3.63) is 54.4 Å². The molecule has 2 heterocycles. The lowest BCUT2D eigenvalue weighted by Crippen LogP contribution is -2.53. The molecule has 27 heavy (non-hydrogen) atoms. The summed E-state index contributed by atoms with van der Waals surface area (Å²) in [6.45, 7) is 1.19. The van der Waals surface area contributed by atoms with Crippen molar-refractivity contribution in [1.29, 1.82) is 0 Å². The van der Waals surface area contributed by atoms with Crippen LogP contribution in [0.4, 0.5) is 0 Å². The van der Waals surface area contributed by atoms with Crippen LogP contribution in [0.2, 0.25) is 0 Å². The van der Waals surface area contributed by atoms with E-state index < -0.39 is 5.41 Å². The van der Waals surface area contributed by atoms with Crippen molar-refractivity contribution in [3.8, 4) is 11.1 Å². The molecule has 2 N–H and O–H groups in total. The minimum Gasteiger partial charge on any atom is -0.369 e. The largest absolute Gasteiger partial charge is 0.369 e. The second-order valence-electron chi connectivity index (χ2n) is 7.90. The predicted octanol–water partition coefficient (Wildman–Crippen LogP) is 2.80. The minimum absolute atomic E-state index is 0.174. The van der Waals surface area contributed by atoms with Gasteiger partial charge in [0.1, 0.15) is 0 Å². The molecule has 1 aromatic carbocycles. The monoisotopic (exact) mass is 363 g/mol. The van der Waals surface area contributed by atoms with Crippen LogP contribution in [0.15, 0.2) is 48.8 Å². The fourth-order valence-corrected chi connectivity index (χ4v) is 4.08. The van der Waals surface area contributed by atoms with Crippen molar-refractivity contribution < 1.29 is 9.59 Å². The van der Waals surface area contributed by atoms with E-state index in [0.717, 1.165) is 48.9 Å². The average molecular weight is 363 g/mol. The first-order valence-electron chi connectivity index (χ1n) is 9.65. The molecular formula is C22H25N3O2. The lowest BCUT2D eigenvalue weighted by atomic mass is 9.74. The molecule has 5 nitrogen and oxygen atoms in total. The van der Waals surface area contributed by atoms with Gasteiger partial charge in [-0.25, -0.2) is 0 Å². The molecule has 1 saturated heterocycles. The van der Waals surface area contributed by atoms with Crippen molar-refractivity contribution in [2.24, 2.45) is 17.1 Å². The molecule has 140 valence electrons. The predicted molar refractivity (Wildman–Crippen MR) is 104 cm³/mol. The number of primary amides is 1. The van der Waals surface area contributed by atoms with Crippen LogP contribution in [-0.2, 0) is 16.0 Å². The number of carbonyl (C=O) groups is 2. The molecule has 2 fully saturated rings. The van der Waals surface area contributed by atoms with Crippen LogP contribution in [0.1, 0.15) is 31.2 Å². The van der Waals surface area contributed by atoms with Crippen LogP contribution in [-0.4, -0.2) is 34.8 Å². The number of benzene rings is 1. The Bertz CT molecular complexity index is 830. The normalized spacial score (nSPS) is 22.4. The van der Waals surface area contributed by atoms with Gasteiger partial charge in [0.15, 0.2) is 0 Å². The SMILES string of the molecule is NC(=O)[C@@]1(Cc2ccc(-c3cccnc3)cc2)CCCN(C(=O)C2CC2)C1. The first-order valence-corrected chi connectivity index (χ1v) is 9.65. The number of pyridine rings is 1. The first-order chi connectivity index (χ1) is 13.1. The molecule has 1 saturated carbocycles. The number of hydrogen-bond acceptors (Lipinski definition) is 3. The van der Waals surface area contributed by atoms with E-state index in [0.29, 0.717) is 13.0 Å². The maximum absolute atomic E-state index is 12.5. The Balaban J connectivity index is 1.52. The van der Waals surface area contributed by atoms with E-state index in [1.54, 1.807) is 6.20 Å². The minimum atomic E-state index is -0.668. The summed E-state index contributed by atoms with van der Waals surface area (Å²) in [5.41, 5.74) is 8.40. The highest BCUT2D eigenvalue weighted by atomic mass is 16.2. The maximum atomic E-state index is 12.5. The molecule has 1 aliphatic carbocycles. The van der Waals surface area contributed by atoms with Gasteiger partial charge in [-0.1, -0.05) is 30.3 Å². The molecule has 0 radical (unpaired) electrons. The third-order valence-electron chi connectivity index (χ3n) is 5.83. The number of aromatic nitrogens is 1. The van der Waals surface area contributed by atoms with Gasteiger partial charge >= 0.3 is 0 Å². The first kappa shape index (κ1) is 17.7. The molecule has 2 aliphatic rings. The summed E-state index contributed by atoms with van der Waals surface area (Å²) in [5.74, 6) is 0.0758. The zero-order valence-corrected chi connectivity index (χ0v) is 15.4. The van der Waals surface area contributed by atoms with Gasteiger partial charge in [0.2, 0.25) is 11.8 Å². The highest BCUT2D eigenvalue weighted by Gasteiger charge is 2.44. The Morgan fingerprint density at radius 2 is 1.93 bits per heavy atom. The smallest absolute Gasteiger partial charge is 0.225 e. The number of nitrogens with zero attached hydrogens (tertiary/aromatic N) is 2. The third kappa shape index (κ3) is 3.72. The number of hydrogen-bond donors (Lipinski definition) is 1. The molecule has 1 aromatic heterocycles. The Labute approximate surface area is 159 Å². The van der Waals surface area contributed by atoms with Gasteiger partial charge in [0.05, 0.1) is 5.41 Å². The van der Waals surface area contributed by atoms with Crippen molar-refractivity contribution >= 4 is 11.8 Å². The molecule has 0 bridgehead atoms. The van der Waals surface area contributed by atoms with E-state index >= 15 is 0 Å². The van der Waals surface area contributed by atoms with E-state index in [1.165, 1.54) is 0 Å². The Hall–Kier alpha value is -2.69. The molecule has 1 aliphatic heterocycles. The highest BCUT2D eigenvalue weighted by molar-refractivity contribution is 5.85. The van der Waals surface area contributed by atoms with Gasteiger partial charge < -0.3 is 10.6 Å². The van der Waals surface area contributed by atoms with Crippen molar-refractivity contribution in [1.82, 2.24) is 9.88 Å². The summed E-state index contributed by atoms with van der Waals surface area (Å²) in [6.07, 6.45) is 7.69. The Morgan fingerprint density at radius 3 is 2.56 bits per heavy atom. The number of piperidine rings is 1. The van der Waals surface area contributed by atoms with Gasteiger partial charge in [-0.3, -0.25) is 14.6 Å². The van der Waals surface area contributed by atoms with E-state index in [4.69, 9.17) is 5.73 Å². The number of rotatable bonds is 5. The standard InChI is InChI=1S/C22H25N3O2/c23-21(27)22(10-2-12-25(15-22)20(26)18-8-9-18)13-16-4-6-17(7-5-16)19-3-1-11-24-14-19/h1,3-7,11,14,18H,2,8-10,12-13,15H2,(H2,23,27)/t22-/m1/s1. The number of nitrogens with two attached hydrogens (primary N) is 1. The quantitative estimate of drug-likeness (QED) is 0.887. The van der Waals surface area contributed by atoms with Gasteiger partial charge in [-0.05, 0) is 54.9 Å². The molecule has 0 unspecified atom stereocenters. The third-order valence-corrected chi connectivity index (χ3v) is 5.83. The summed E-state index contributed by atoms with van der Waals surface area (Å²) < 4.78 is 0. The van der Waals surface area contributed by atoms with Crippen LogP contribution in [0.5, 0.6) is 0 Å². The van der Waals surface area contributed by atoms with Crippen molar-refractivity contribution in [3.63, 3.8) is 0 Å². The van der Waals surface area contributed by atoms with Crippen LogP contribution in [0.25, 0.3) is 11.1 Å².